The average molecular weight is 337 g/mol. The lowest BCUT2D eigenvalue weighted by Crippen LogP contribution is -2.13. The van der Waals surface area contributed by atoms with Crippen LogP contribution in [0.4, 0.5) is 4.39 Å². The van der Waals surface area contributed by atoms with Gasteiger partial charge in [-0.05, 0) is 53.5 Å². The summed E-state index contributed by atoms with van der Waals surface area (Å²) in [7, 11) is 0. The molecule has 0 aliphatic heterocycles. The van der Waals surface area contributed by atoms with E-state index in [1.165, 1.54) is 6.07 Å². The number of hydrogen-bond donors (Lipinski definition) is 0. The van der Waals surface area contributed by atoms with E-state index in [1.807, 2.05) is 32.0 Å². The number of hydrogen-bond acceptors (Lipinski definition) is 2. The lowest BCUT2D eigenvalue weighted by atomic mass is 10.0. The van der Waals surface area contributed by atoms with Crippen molar-refractivity contribution in [3.05, 3.63) is 63.4 Å². The molecule has 0 atom stereocenters. The van der Waals surface area contributed by atoms with Gasteiger partial charge in [-0.25, -0.2) is 4.39 Å². The first kappa shape index (κ1) is 14.7. The monoisotopic (exact) mass is 336 g/mol. The quantitative estimate of drug-likeness (QED) is 0.770. The Hall–Kier alpha value is -1.68. The van der Waals surface area contributed by atoms with Crippen LogP contribution < -0.4 is 4.74 Å². The van der Waals surface area contributed by atoms with Crippen LogP contribution in [0.1, 0.15) is 21.5 Å². The van der Waals surface area contributed by atoms with E-state index in [4.69, 9.17) is 4.74 Å². The van der Waals surface area contributed by atoms with Crippen molar-refractivity contribution < 1.29 is 13.9 Å². The van der Waals surface area contributed by atoms with Gasteiger partial charge in [0, 0.05) is 11.6 Å². The zero-order chi connectivity index (χ0) is 14.7. The van der Waals surface area contributed by atoms with Gasteiger partial charge >= 0.3 is 0 Å². The predicted octanol–water partition coefficient (Wildman–Crippen LogP) is 4.47. The number of carbonyl (C=O) groups is 1. The van der Waals surface area contributed by atoms with Crippen molar-refractivity contribution in [1.82, 2.24) is 0 Å². The van der Waals surface area contributed by atoms with Gasteiger partial charge in [-0.1, -0.05) is 17.7 Å². The zero-order valence-corrected chi connectivity index (χ0v) is 12.8. The number of ether oxygens (including phenoxy) is 1. The van der Waals surface area contributed by atoms with E-state index in [0.717, 1.165) is 11.1 Å². The molecule has 0 N–H and O–H groups in total. The number of aryl methyl sites for hydroxylation is 2. The predicted molar refractivity (Wildman–Crippen MR) is 79.8 cm³/mol. The van der Waals surface area contributed by atoms with E-state index in [1.54, 1.807) is 12.1 Å². The van der Waals surface area contributed by atoms with Crippen LogP contribution in [0.25, 0.3) is 0 Å². The van der Waals surface area contributed by atoms with Gasteiger partial charge in [0.25, 0.3) is 0 Å². The van der Waals surface area contributed by atoms with Crippen molar-refractivity contribution in [1.29, 1.82) is 0 Å². The molecule has 0 aliphatic rings. The van der Waals surface area contributed by atoms with E-state index in [0.29, 0.717) is 15.8 Å². The summed E-state index contributed by atoms with van der Waals surface area (Å²) in [5.41, 5.74) is 2.57. The third-order valence-electron chi connectivity index (χ3n) is 2.95. The van der Waals surface area contributed by atoms with Crippen molar-refractivity contribution >= 4 is 21.7 Å². The second kappa shape index (κ2) is 6.18. The lowest BCUT2D eigenvalue weighted by Gasteiger charge is -2.08. The smallest absolute Gasteiger partial charge is 0.200 e. The first-order valence-electron chi connectivity index (χ1n) is 6.15. The molecule has 0 bridgehead atoms. The molecule has 20 heavy (non-hydrogen) atoms. The van der Waals surface area contributed by atoms with Crippen molar-refractivity contribution in [3.63, 3.8) is 0 Å². The minimum atomic E-state index is -0.415. The zero-order valence-electron chi connectivity index (χ0n) is 11.2. The summed E-state index contributed by atoms with van der Waals surface area (Å²) in [5, 5.41) is 0. The van der Waals surface area contributed by atoms with Gasteiger partial charge in [0.15, 0.2) is 12.4 Å². The second-order valence-corrected chi connectivity index (χ2v) is 5.46. The van der Waals surface area contributed by atoms with Crippen LogP contribution in [-0.4, -0.2) is 12.4 Å². The highest BCUT2D eigenvalue weighted by molar-refractivity contribution is 9.10. The van der Waals surface area contributed by atoms with Gasteiger partial charge < -0.3 is 4.74 Å². The van der Waals surface area contributed by atoms with Crippen LogP contribution in [0.5, 0.6) is 5.75 Å². The summed E-state index contributed by atoms with van der Waals surface area (Å²) < 4.78 is 19.0. The molecule has 0 aromatic heterocycles. The van der Waals surface area contributed by atoms with Crippen LogP contribution in [0.2, 0.25) is 0 Å². The van der Waals surface area contributed by atoms with E-state index >= 15 is 0 Å². The van der Waals surface area contributed by atoms with Crippen LogP contribution in [0.3, 0.4) is 0 Å². The molecular formula is C16H14BrFO2. The van der Waals surface area contributed by atoms with E-state index in [2.05, 4.69) is 15.9 Å². The van der Waals surface area contributed by atoms with Crippen molar-refractivity contribution in [2.45, 2.75) is 13.8 Å². The van der Waals surface area contributed by atoms with Gasteiger partial charge in [-0.15, -0.1) is 0 Å². The third kappa shape index (κ3) is 3.45. The summed E-state index contributed by atoms with van der Waals surface area (Å²) in [6.07, 6.45) is 0. The minimum Gasteiger partial charge on any atom is -0.485 e. The van der Waals surface area contributed by atoms with Crippen LogP contribution >= 0.6 is 15.9 Å². The molecule has 104 valence electrons. The average Bonchev–Trinajstić information content (AvgIpc) is 2.42. The van der Waals surface area contributed by atoms with E-state index < -0.39 is 5.82 Å². The van der Waals surface area contributed by atoms with Crippen LogP contribution in [-0.2, 0) is 0 Å². The molecular weight excluding hydrogens is 323 g/mol. The molecule has 2 rings (SSSR count). The van der Waals surface area contributed by atoms with Gasteiger partial charge in [-0.3, -0.25) is 4.79 Å². The lowest BCUT2D eigenvalue weighted by molar-refractivity contribution is 0.0920. The molecule has 2 aromatic carbocycles. The largest absolute Gasteiger partial charge is 0.485 e. The molecule has 0 aliphatic carbocycles. The SMILES string of the molecule is Cc1ccc(C)c(C(=O)COc2ccc(Br)c(F)c2)c1. The van der Waals surface area contributed by atoms with Gasteiger partial charge in [-0.2, -0.15) is 0 Å². The highest BCUT2D eigenvalue weighted by Crippen LogP contribution is 2.21. The van der Waals surface area contributed by atoms with Gasteiger partial charge in [0.1, 0.15) is 11.6 Å². The standard InChI is InChI=1S/C16H14BrFO2/c1-10-3-4-11(2)13(7-10)16(19)9-20-12-5-6-14(17)15(18)8-12/h3-8H,9H2,1-2H3. The summed E-state index contributed by atoms with van der Waals surface area (Å²) in [6.45, 7) is 3.71. The molecule has 0 spiro atoms. The molecule has 0 saturated heterocycles. The molecule has 0 saturated carbocycles. The maximum absolute atomic E-state index is 13.3. The molecule has 2 nitrogen and oxygen atoms in total. The van der Waals surface area contributed by atoms with Gasteiger partial charge in [0.2, 0.25) is 0 Å². The number of benzene rings is 2. The Labute approximate surface area is 125 Å². The third-order valence-corrected chi connectivity index (χ3v) is 3.60. The summed E-state index contributed by atoms with van der Waals surface area (Å²) in [4.78, 5) is 12.1. The maximum Gasteiger partial charge on any atom is 0.200 e. The van der Waals surface area contributed by atoms with Crippen LogP contribution in [0.15, 0.2) is 40.9 Å². The van der Waals surface area contributed by atoms with E-state index in [-0.39, 0.29) is 12.4 Å². The number of carbonyl (C=O) groups excluding carboxylic acids is 1. The molecule has 0 radical (unpaired) electrons. The number of halogens is 2. The normalized spacial score (nSPS) is 10.4. The Kier molecular flexibility index (Phi) is 4.55. The molecule has 2 aromatic rings. The summed E-state index contributed by atoms with van der Waals surface area (Å²) in [5.74, 6) is -0.194. The first-order valence-corrected chi connectivity index (χ1v) is 6.95. The van der Waals surface area contributed by atoms with E-state index in [9.17, 15) is 9.18 Å². The molecule has 0 heterocycles. The Morgan fingerprint density at radius 3 is 2.65 bits per heavy atom. The summed E-state index contributed by atoms with van der Waals surface area (Å²) in [6, 6.07) is 10.1. The second-order valence-electron chi connectivity index (χ2n) is 4.61. The molecule has 0 unspecified atom stereocenters. The fourth-order valence-electron chi connectivity index (χ4n) is 1.83. The molecule has 4 heteroatoms. The maximum atomic E-state index is 13.3. The first-order chi connectivity index (χ1) is 9.47. The summed E-state index contributed by atoms with van der Waals surface area (Å²) >= 11 is 3.07. The van der Waals surface area contributed by atoms with Crippen molar-refractivity contribution in [2.75, 3.05) is 6.61 Å². The topological polar surface area (TPSA) is 26.3 Å². The highest BCUT2D eigenvalue weighted by atomic mass is 79.9. The van der Waals surface area contributed by atoms with Gasteiger partial charge in [0.05, 0.1) is 4.47 Å². The van der Waals surface area contributed by atoms with Crippen molar-refractivity contribution in [3.8, 4) is 5.75 Å². The van der Waals surface area contributed by atoms with Crippen LogP contribution in [0, 0.1) is 19.7 Å². The Morgan fingerprint density at radius 2 is 1.95 bits per heavy atom. The minimum absolute atomic E-state index is 0.106. The van der Waals surface area contributed by atoms with Crippen molar-refractivity contribution in [2.24, 2.45) is 0 Å². The Balaban J connectivity index is 2.08. The highest BCUT2D eigenvalue weighted by Gasteiger charge is 2.11. The molecule has 0 fully saturated rings. The fraction of sp³-hybridized carbons (Fsp3) is 0.188. The number of ketones is 1. The Morgan fingerprint density at radius 1 is 1.20 bits per heavy atom. The Bertz CT molecular complexity index is 653. The molecule has 0 amide bonds. The number of Topliss-reactive ketones (excluding diaryl/α,β-unsaturated/α-hetero) is 1. The fourth-order valence-corrected chi connectivity index (χ4v) is 2.08. The number of rotatable bonds is 4.